The van der Waals surface area contributed by atoms with Crippen molar-refractivity contribution in [3.05, 3.63) is 71.3 Å². The van der Waals surface area contributed by atoms with E-state index in [-0.39, 0.29) is 12.1 Å². The maximum atomic E-state index is 13.9. The number of hydrogen-bond acceptors (Lipinski definition) is 3. The number of hydrazine groups is 1. The van der Waals surface area contributed by atoms with Crippen LogP contribution in [0.15, 0.2) is 48.5 Å². The van der Waals surface area contributed by atoms with E-state index in [4.69, 9.17) is 5.84 Å². The summed E-state index contributed by atoms with van der Waals surface area (Å²) in [6.45, 7) is -0.0977. The predicted octanol–water partition coefficient (Wildman–Crippen LogP) is 1.66. The summed E-state index contributed by atoms with van der Waals surface area (Å²) in [6.07, 6.45) is 0. The van der Waals surface area contributed by atoms with Crippen LogP contribution in [0.5, 0.6) is 0 Å². The Kier molecular flexibility index (Phi) is 3.90. The molecule has 2 rings (SSSR count). The highest BCUT2D eigenvalue weighted by Gasteiger charge is 2.33. The van der Waals surface area contributed by atoms with Crippen molar-refractivity contribution < 1.29 is 13.9 Å². The number of rotatable bonds is 4. The fourth-order valence-electron chi connectivity index (χ4n) is 2.02. The monoisotopic (exact) mass is 264 g/mol. The third-order valence-electron chi connectivity index (χ3n) is 3.00. The van der Waals surface area contributed by atoms with Gasteiger partial charge in [-0.25, -0.2) is 8.78 Å². The lowest BCUT2D eigenvalue weighted by Gasteiger charge is -2.29. The van der Waals surface area contributed by atoms with Gasteiger partial charge < -0.3 is 5.11 Å². The van der Waals surface area contributed by atoms with E-state index in [9.17, 15) is 13.9 Å². The molecule has 0 bridgehead atoms. The van der Waals surface area contributed by atoms with Crippen molar-refractivity contribution >= 4 is 0 Å². The highest BCUT2D eigenvalue weighted by molar-refractivity contribution is 5.37. The van der Waals surface area contributed by atoms with Crippen LogP contribution in [0.1, 0.15) is 11.1 Å². The van der Waals surface area contributed by atoms with E-state index in [1.807, 2.05) is 0 Å². The molecule has 2 aromatic carbocycles. The first-order valence-corrected chi connectivity index (χ1v) is 5.75. The fourth-order valence-corrected chi connectivity index (χ4v) is 2.02. The predicted molar refractivity (Wildman–Crippen MR) is 68.0 cm³/mol. The van der Waals surface area contributed by atoms with Crippen molar-refractivity contribution in [3.8, 4) is 0 Å². The number of hydrogen-bond donors (Lipinski definition) is 3. The standard InChI is InChI=1S/C14H14F2N2O/c15-11-7-5-10(6-8-11)14(19,9-18-17)12-3-1-2-4-13(12)16/h1-8,18-19H,9,17H2. The molecule has 0 spiro atoms. The number of aliphatic hydroxyl groups is 1. The zero-order valence-electron chi connectivity index (χ0n) is 10.1. The summed E-state index contributed by atoms with van der Waals surface area (Å²) >= 11 is 0. The Hall–Kier alpha value is -1.82. The lowest BCUT2D eigenvalue weighted by Crippen LogP contribution is -2.42. The summed E-state index contributed by atoms with van der Waals surface area (Å²) in [7, 11) is 0. The molecule has 0 radical (unpaired) electrons. The fraction of sp³-hybridized carbons (Fsp3) is 0.143. The Morgan fingerprint density at radius 1 is 1.05 bits per heavy atom. The van der Waals surface area contributed by atoms with Crippen LogP contribution < -0.4 is 11.3 Å². The minimum atomic E-state index is -1.66. The summed E-state index contributed by atoms with van der Waals surface area (Å²) < 4.78 is 26.8. The van der Waals surface area contributed by atoms with Gasteiger partial charge >= 0.3 is 0 Å². The van der Waals surface area contributed by atoms with Crippen LogP contribution in [0.3, 0.4) is 0 Å². The van der Waals surface area contributed by atoms with Crippen molar-refractivity contribution in [2.75, 3.05) is 6.54 Å². The quantitative estimate of drug-likeness (QED) is 0.581. The topological polar surface area (TPSA) is 58.3 Å². The van der Waals surface area contributed by atoms with Gasteiger partial charge in [-0.05, 0) is 23.8 Å². The molecule has 3 nitrogen and oxygen atoms in total. The van der Waals surface area contributed by atoms with Gasteiger partial charge in [-0.1, -0.05) is 30.3 Å². The molecule has 0 aromatic heterocycles. The first-order chi connectivity index (χ1) is 9.08. The zero-order chi connectivity index (χ0) is 13.9. The van der Waals surface area contributed by atoms with Crippen LogP contribution in [0.25, 0.3) is 0 Å². The first-order valence-electron chi connectivity index (χ1n) is 5.75. The van der Waals surface area contributed by atoms with Gasteiger partial charge in [0.2, 0.25) is 0 Å². The number of halogens is 2. The SMILES string of the molecule is NNCC(O)(c1ccc(F)cc1)c1ccccc1F. The highest BCUT2D eigenvalue weighted by atomic mass is 19.1. The third kappa shape index (κ3) is 2.63. The van der Waals surface area contributed by atoms with E-state index in [0.29, 0.717) is 5.56 Å². The molecule has 1 unspecified atom stereocenters. The Morgan fingerprint density at radius 3 is 2.26 bits per heavy atom. The van der Waals surface area contributed by atoms with Crippen molar-refractivity contribution in [1.29, 1.82) is 0 Å². The average molecular weight is 264 g/mol. The lowest BCUT2D eigenvalue weighted by molar-refractivity contribution is 0.0763. The number of nitrogens with one attached hydrogen (secondary N) is 1. The van der Waals surface area contributed by atoms with Crippen molar-refractivity contribution in [2.24, 2.45) is 5.84 Å². The summed E-state index contributed by atoms with van der Waals surface area (Å²) in [6, 6.07) is 11.1. The molecule has 0 aliphatic carbocycles. The number of benzene rings is 2. The molecule has 0 amide bonds. The summed E-state index contributed by atoms with van der Waals surface area (Å²) in [4.78, 5) is 0. The smallest absolute Gasteiger partial charge is 0.131 e. The highest BCUT2D eigenvalue weighted by Crippen LogP contribution is 2.30. The maximum absolute atomic E-state index is 13.9. The average Bonchev–Trinajstić information content (AvgIpc) is 2.40. The molecule has 100 valence electrons. The van der Waals surface area contributed by atoms with E-state index >= 15 is 0 Å². The van der Waals surface area contributed by atoms with Gasteiger partial charge in [0.25, 0.3) is 0 Å². The van der Waals surface area contributed by atoms with Gasteiger partial charge in [0, 0.05) is 12.1 Å². The maximum Gasteiger partial charge on any atom is 0.131 e. The molecule has 0 aliphatic rings. The van der Waals surface area contributed by atoms with E-state index in [2.05, 4.69) is 5.43 Å². The summed E-state index contributed by atoms with van der Waals surface area (Å²) in [5.41, 5.74) is 1.12. The number of nitrogens with two attached hydrogens (primary N) is 1. The van der Waals surface area contributed by atoms with Crippen LogP contribution in [0, 0.1) is 11.6 Å². The second-order valence-electron chi connectivity index (χ2n) is 4.23. The normalized spacial score (nSPS) is 14.1. The largest absolute Gasteiger partial charge is 0.379 e. The molecule has 2 aromatic rings. The van der Waals surface area contributed by atoms with E-state index < -0.39 is 17.2 Å². The summed E-state index contributed by atoms with van der Waals surface area (Å²) in [5.74, 6) is 4.28. The minimum absolute atomic E-state index is 0.0829. The van der Waals surface area contributed by atoms with Gasteiger partial charge in [-0.2, -0.15) is 0 Å². The zero-order valence-corrected chi connectivity index (χ0v) is 10.1. The van der Waals surface area contributed by atoms with Crippen molar-refractivity contribution in [1.82, 2.24) is 5.43 Å². The lowest BCUT2D eigenvalue weighted by atomic mass is 9.86. The van der Waals surface area contributed by atoms with Crippen LogP contribution in [0.4, 0.5) is 8.78 Å². The van der Waals surface area contributed by atoms with E-state index in [1.54, 1.807) is 6.07 Å². The first kappa shape index (κ1) is 13.6. The molecule has 0 heterocycles. The Labute approximate surface area is 109 Å². The van der Waals surface area contributed by atoms with Gasteiger partial charge in [0.15, 0.2) is 0 Å². The van der Waals surface area contributed by atoms with Gasteiger partial charge in [0.1, 0.15) is 17.2 Å². The molecule has 5 heteroatoms. The van der Waals surface area contributed by atoms with Crippen molar-refractivity contribution in [3.63, 3.8) is 0 Å². The Balaban J connectivity index is 2.54. The molecule has 0 saturated heterocycles. The van der Waals surface area contributed by atoms with Gasteiger partial charge in [-0.3, -0.25) is 11.3 Å². The molecular formula is C14H14F2N2O. The second kappa shape index (κ2) is 5.44. The molecule has 19 heavy (non-hydrogen) atoms. The minimum Gasteiger partial charge on any atom is -0.379 e. The Bertz CT molecular complexity index is 560. The van der Waals surface area contributed by atoms with E-state index in [0.717, 1.165) is 0 Å². The van der Waals surface area contributed by atoms with Crippen LogP contribution in [-0.2, 0) is 5.60 Å². The second-order valence-corrected chi connectivity index (χ2v) is 4.23. The molecular weight excluding hydrogens is 250 g/mol. The van der Waals surface area contributed by atoms with Gasteiger partial charge in [-0.15, -0.1) is 0 Å². The van der Waals surface area contributed by atoms with Crippen LogP contribution in [0.2, 0.25) is 0 Å². The molecule has 4 N–H and O–H groups in total. The molecule has 0 saturated carbocycles. The van der Waals surface area contributed by atoms with Crippen LogP contribution >= 0.6 is 0 Å². The van der Waals surface area contributed by atoms with E-state index in [1.165, 1.54) is 42.5 Å². The summed E-state index contributed by atoms with van der Waals surface area (Å²) in [5, 5.41) is 10.7. The Morgan fingerprint density at radius 2 is 1.68 bits per heavy atom. The third-order valence-corrected chi connectivity index (χ3v) is 3.00. The van der Waals surface area contributed by atoms with Crippen LogP contribution in [-0.4, -0.2) is 11.7 Å². The molecule has 1 atom stereocenters. The van der Waals surface area contributed by atoms with Gasteiger partial charge in [0.05, 0.1) is 0 Å². The molecule has 0 fully saturated rings. The molecule has 0 aliphatic heterocycles. The van der Waals surface area contributed by atoms with Crippen molar-refractivity contribution in [2.45, 2.75) is 5.60 Å².